The molecule has 2 aromatic carbocycles. The van der Waals surface area contributed by atoms with Crippen LogP contribution < -0.4 is 10.8 Å². The number of aromatic nitrogens is 1. The minimum atomic E-state index is 0.596. The Labute approximate surface area is 152 Å². The summed E-state index contributed by atoms with van der Waals surface area (Å²) in [5.41, 5.74) is 4.75. The Morgan fingerprint density at radius 3 is 2.52 bits per heavy atom. The van der Waals surface area contributed by atoms with Crippen molar-refractivity contribution in [2.45, 2.75) is 52.1 Å². The second-order valence-corrected chi connectivity index (χ2v) is 7.90. The predicted molar refractivity (Wildman–Crippen MR) is 109 cm³/mol. The Balaban J connectivity index is 1.65. The summed E-state index contributed by atoms with van der Waals surface area (Å²) in [6.45, 7) is 6.63. The molecule has 0 spiro atoms. The normalized spacial score (nSPS) is 16.9. The quantitative estimate of drug-likeness (QED) is 0.698. The van der Waals surface area contributed by atoms with Gasteiger partial charge in [-0.15, -0.1) is 0 Å². The molecule has 25 heavy (non-hydrogen) atoms. The molecule has 1 aromatic heterocycles. The second kappa shape index (κ2) is 6.88. The predicted octanol–water partition coefficient (Wildman–Crippen LogP) is 4.07. The fourth-order valence-electron chi connectivity index (χ4n) is 4.31. The van der Waals surface area contributed by atoms with Gasteiger partial charge in [-0.3, -0.25) is 0 Å². The lowest BCUT2D eigenvalue weighted by atomic mass is 9.94. The zero-order valence-electron chi connectivity index (χ0n) is 15.4. The number of rotatable bonds is 5. The summed E-state index contributed by atoms with van der Waals surface area (Å²) >= 11 is 0. The SMILES string of the molecule is [B]c1ccc2c(c1)c1cc(C)ccc1n2CC(C)CNC1CCCC1. The molecule has 1 fully saturated rings. The Kier molecular flexibility index (Phi) is 4.60. The maximum absolute atomic E-state index is 6.06. The van der Waals surface area contributed by atoms with Crippen molar-refractivity contribution in [2.24, 2.45) is 5.92 Å². The summed E-state index contributed by atoms with van der Waals surface area (Å²) in [6, 6.07) is 13.8. The van der Waals surface area contributed by atoms with Gasteiger partial charge in [-0.2, -0.15) is 0 Å². The van der Waals surface area contributed by atoms with Gasteiger partial charge in [-0.1, -0.05) is 49.0 Å². The molecule has 1 saturated carbocycles. The molecule has 0 saturated heterocycles. The van der Waals surface area contributed by atoms with Crippen molar-refractivity contribution >= 4 is 35.1 Å². The van der Waals surface area contributed by atoms with E-state index in [2.05, 4.69) is 54.1 Å². The standard InChI is InChI=1S/C22H27BN2/c1-15-7-9-21-19(11-15)20-12-17(23)8-10-22(20)25(21)14-16(2)13-24-18-5-3-4-6-18/h7-12,16,18,24H,3-6,13-14H2,1-2H3. The molecule has 128 valence electrons. The average Bonchev–Trinajstić information content (AvgIpc) is 3.20. The van der Waals surface area contributed by atoms with Gasteiger partial charge in [0.15, 0.2) is 0 Å². The zero-order chi connectivity index (χ0) is 17.4. The van der Waals surface area contributed by atoms with Crippen molar-refractivity contribution in [1.29, 1.82) is 0 Å². The van der Waals surface area contributed by atoms with Crippen molar-refractivity contribution in [3.63, 3.8) is 0 Å². The van der Waals surface area contributed by atoms with Crippen molar-refractivity contribution in [2.75, 3.05) is 6.54 Å². The molecular weight excluding hydrogens is 303 g/mol. The molecule has 1 aliphatic rings. The summed E-state index contributed by atoms with van der Waals surface area (Å²) in [6.07, 6.45) is 5.47. The lowest BCUT2D eigenvalue weighted by molar-refractivity contribution is 0.416. The van der Waals surface area contributed by atoms with Gasteiger partial charge in [0.2, 0.25) is 0 Å². The number of fused-ring (bicyclic) bond motifs is 3. The molecule has 3 aromatic rings. The largest absolute Gasteiger partial charge is 0.340 e. The van der Waals surface area contributed by atoms with Crippen LogP contribution in [0.4, 0.5) is 0 Å². The summed E-state index contributed by atoms with van der Waals surface area (Å²) in [4.78, 5) is 0. The topological polar surface area (TPSA) is 17.0 Å². The van der Waals surface area contributed by atoms with Crippen LogP contribution in [0.2, 0.25) is 0 Å². The first-order valence-electron chi connectivity index (χ1n) is 9.63. The molecule has 1 atom stereocenters. The monoisotopic (exact) mass is 330 g/mol. The third-order valence-electron chi connectivity index (χ3n) is 5.65. The Morgan fingerprint density at radius 1 is 1.08 bits per heavy atom. The van der Waals surface area contributed by atoms with Gasteiger partial charge < -0.3 is 9.88 Å². The molecule has 1 aliphatic carbocycles. The molecule has 1 N–H and O–H groups in total. The lowest BCUT2D eigenvalue weighted by Crippen LogP contribution is -2.31. The van der Waals surface area contributed by atoms with E-state index in [1.54, 1.807) is 0 Å². The highest BCUT2D eigenvalue weighted by Gasteiger charge is 2.17. The van der Waals surface area contributed by atoms with Crippen LogP contribution in [0.1, 0.15) is 38.2 Å². The van der Waals surface area contributed by atoms with Crippen LogP contribution in [0.3, 0.4) is 0 Å². The highest BCUT2D eigenvalue weighted by Crippen LogP contribution is 2.30. The average molecular weight is 330 g/mol. The van der Waals surface area contributed by atoms with E-state index in [1.807, 2.05) is 6.07 Å². The summed E-state index contributed by atoms with van der Waals surface area (Å²) in [5.74, 6) is 0.596. The minimum absolute atomic E-state index is 0.596. The highest BCUT2D eigenvalue weighted by atomic mass is 15.0. The number of benzene rings is 2. The van der Waals surface area contributed by atoms with E-state index in [1.165, 1.54) is 53.1 Å². The van der Waals surface area contributed by atoms with Gasteiger partial charge >= 0.3 is 0 Å². The van der Waals surface area contributed by atoms with Gasteiger partial charge in [0, 0.05) is 34.4 Å². The maximum atomic E-state index is 6.06. The molecule has 4 rings (SSSR count). The van der Waals surface area contributed by atoms with E-state index >= 15 is 0 Å². The Bertz CT molecular complexity index is 831. The molecule has 2 nitrogen and oxygen atoms in total. The third-order valence-corrected chi connectivity index (χ3v) is 5.65. The molecule has 2 radical (unpaired) electrons. The van der Waals surface area contributed by atoms with Crippen LogP contribution >= 0.6 is 0 Å². The van der Waals surface area contributed by atoms with Crippen LogP contribution in [0.15, 0.2) is 36.4 Å². The van der Waals surface area contributed by atoms with Crippen molar-refractivity contribution < 1.29 is 0 Å². The number of aryl methyl sites for hydroxylation is 1. The van der Waals surface area contributed by atoms with Crippen molar-refractivity contribution in [1.82, 2.24) is 9.88 Å². The first kappa shape index (κ1) is 16.7. The first-order chi connectivity index (χ1) is 12.1. The van der Waals surface area contributed by atoms with E-state index in [0.717, 1.165) is 24.6 Å². The summed E-state index contributed by atoms with van der Waals surface area (Å²) in [7, 11) is 6.06. The minimum Gasteiger partial charge on any atom is -0.340 e. The molecule has 1 unspecified atom stereocenters. The number of hydrogen-bond donors (Lipinski definition) is 1. The van der Waals surface area contributed by atoms with Crippen LogP contribution in [-0.4, -0.2) is 25.0 Å². The van der Waals surface area contributed by atoms with Gasteiger partial charge in [0.05, 0.1) is 0 Å². The van der Waals surface area contributed by atoms with E-state index in [-0.39, 0.29) is 0 Å². The fourth-order valence-corrected chi connectivity index (χ4v) is 4.31. The Hall–Kier alpha value is -1.74. The smallest absolute Gasteiger partial charge is 0.113 e. The molecule has 0 aliphatic heterocycles. The van der Waals surface area contributed by atoms with Gasteiger partial charge in [-0.25, -0.2) is 0 Å². The number of nitrogens with zero attached hydrogens (tertiary/aromatic N) is 1. The molecule has 3 heteroatoms. The second-order valence-electron chi connectivity index (χ2n) is 7.90. The zero-order valence-corrected chi connectivity index (χ0v) is 15.4. The van der Waals surface area contributed by atoms with Crippen LogP contribution in [0.25, 0.3) is 21.8 Å². The molecule has 0 bridgehead atoms. The van der Waals surface area contributed by atoms with E-state index in [4.69, 9.17) is 7.85 Å². The fraction of sp³-hybridized carbons (Fsp3) is 0.455. The maximum Gasteiger partial charge on any atom is 0.113 e. The summed E-state index contributed by atoms with van der Waals surface area (Å²) < 4.78 is 2.48. The van der Waals surface area contributed by atoms with E-state index < -0.39 is 0 Å². The first-order valence-corrected chi connectivity index (χ1v) is 9.63. The van der Waals surface area contributed by atoms with Gasteiger partial charge in [0.1, 0.15) is 7.85 Å². The Morgan fingerprint density at radius 2 is 1.76 bits per heavy atom. The van der Waals surface area contributed by atoms with E-state index in [9.17, 15) is 0 Å². The highest BCUT2D eigenvalue weighted by molar-refractivity contribution is 6.33. The van der Waals surface area contributed by atoms with Crippen LogP contribution in [-0.2, 0) is 6.54 Å². The molecule has 0 amide bonds. The van der Waals surface area contributed by atoms with Crippen LogP contribution in [0.5, 0.6) is 0 Å². The van der Waals surface area contributed by atoms with Crippen molar-refractivity contribution in [3.05, 3.63) is 42.0 Å². The molecule has 1 heterocycles. The lowest BCUT2D eigenvalue weighted by Gasteiger charge is -2.18. The number of hydrogen-bond acceptors (Lipinski definition) is 1. The van der Waals surface area contributed by atoms with Gasteiger partial charge in [-0.05, 0) is 50.4 Å². The van der Waals surface area contributed by atoms with Crippen LogP contribution in [0, 0.1) is 12.8 Å². The van der Waals surface area contributed by atoms with Gasteiger partial charge in [0.25, 0.3) is 0 Å². The number of nitrogens with one attached hydrogen (secondary N) is 1. The third kappa shape index (κ3) is 3.35. The van der Waals surface area contributed by atoms with Crippen molar-refractivity contribution in [3.8, 4) is 0 Å². The molecular formula is C22H27BN2. The summed E-state index contributed by atoms with van der Waals surface area (Å²) in [5, 5.41) is 6.37. The van der Waals surface area contributed by atoms with E-state index in [0.29, 0.717) is 5.92 Å².